The van der Waals surface area contributed by atoms with Gasteiger partial charge >= 0.3 is 11.9 Å². The summed E-state index contributed by atoms with van der Waals surface area (Å²) in [6.45, 7) is 2.52. The van der Waals surface area contributed by atoms with Gasteiger partial charge in [0.05, 0.1) is 38.7 Å². The molecule has 12 heteroatoms. The van der Waals surface area contributed by atoms with Crippen molar-refractivity contribution in [3.05, 3.63) is 47.2 Å². The molecule has 1 aliphatic carbocycles. The number of carbonyl (C=O) groups is 2. The summed E-state index contributed by atoms with van der Waals surface area (Å²) in [5, 5.41) is 42.8. The summed E-state index contributed by atoms with van der Waals surface area (Å²) in [7, 11) is 3.25. The van der Waals surface area contributed by atoms with Crippen molar-refractivity contribution < 1.29 is 49.3 Å². The van der Waals surface area contributed by atoms with Crippen LogP contribution in [0.25, 0.3) is 0 Å². The molecule has 5 atom stereocenters. The van der Waals surface area contributed by atoms with Crippen molar-refractivity contribution >= 4 is 17.7 Å². The van der Waals surface area contributed by atoms with Gasteiger partial charge in [0, 0.05) is 29.3 Å². The number of ether oxygens (including phenoxy) is 3. The molecular weight excluding hydrogens is 500 g/mol. The van der Waals surface area contributed by atoms with Crippen LogP contribution in [0.4, 0.5) is 0 Å². The molecule has 12 nitrogen and oxygen atoms in total. The maximum Gasteiger partial charge on any atom is 0.335 e. The molecule has 5 N–H and O–H groups in total. The van der Waals surface area contributed by atoms with Crippen molar-refractivity contribution in [2.24, 2.45) is 4.99 Å². The maximum absolute atomic E-state index is 10.3. The average molecular weight is 533 g/mol. The number of aliphatic carboxylic acids is 2. The Balaban J connectivity index is 0.000000342. The van der Waals surface area contributed by atoms with E-state index in [2.05, 4.69) is 11.1 Å². The lowest BCUT2D eigenvalue weighted by molar-refractivity contribution is -0.165. The number of nitrogens with zero attached hydrogens (tertiary/aromatic N) is 2. The van der Waals surface area contributed by atoms with Crippen LogP contribution >= 0.6 is 0 Å². The Morgan fingerprint density at radius 3 is 2.24 bits per heavy atom. The first-order valence-corrected chi connectivity index (χ1v) is 12.0. The van der Waals surface area contributed by atoms with Gasteiger partial charge in [-0.3, -0.25) is 4.99 Å². The summed E-state index contributed by atoms with van der Waals surface area (Å²) in [6.07, 6.45) is -0.659. The first kappa shape index (κ1) is 28.8. The number of aliphatic imine (C=N–C) groups is 1. The normalized spacial score (nSPS) is 21.3. The minimum Gasteiger partial charge on any atom is -0.493 e. The fourth-order valence-corrected chi connectivity index (χ4v) is 4.51. The molecule has 1 aliphatic heterocycles. The molecule has 0 saturated heterocycles. The number of rotatable bonds is 8. The number of hydrogen-bond acceptors (Lipinski definition) is 10. The second kappa shape index (κ2) is 12.7. The van der Waals surface area contributed by atoms with Gasteiger partial charge in [-0.2, -0.15) is 0 Å². The van der Waals surface area contributed by atoms with Crippen LogP contribution in [-0.4, -0.2) is 93.3 Å². The van der Waals surface area contributed by atoms with Gasteiger partial charge in [0.1, 0.15) is 0 Å². The van der Waals surface area contributed by atoms with Gasteiger partial charge in [-0.15, -0.1) is 0 Å². The molecule has 1 saturated carbocycles. The van der Waals surface area contributed by atoms with Crippen LogP contribution in [0, 0.1) is 0 Å². The molecule has 1 aromatic heterocycles. The average Bonchev–Trinajstić information content (AvgIpc) is 2.92. The van der Waals surface area contributed by atoms with Crippen molar-refractivity contribution in [2.75, 3.05) is 20.8 Å². The zero-order chi connectivity index (χ0) is 28.0. The predicted octanol–water partition coefficient (Wildman–Crippen LogP) is 1.22. The Kier molecular flexibility index (Phi) is 9.61. The van der Waals surface area contributed by atoms with Gasteiger partial charge in [-0.1, -0.05) is 0 Å². The molecule has 0 bridgehead atoms. The Bertz CT molecular complexity index is 1150. The molecular formula is C26H32N2O10. The summed E-state index contributed by atoms with van der Waals surface area (Å²) in [4.78, 5) is 29.0. The third-order valence-electron chi connectivity index (χ3n) is 6.40. The number of methoxy groups -OCH3 is 2. The van der Waals surface area contributed by atoms with Crippen LogP contribution in [0.5, 0.6) is 17.4 Å². The van der Waals surface area contributed by atoms with E-state index < -0.39 is 24.1 Å². The zero-order valence-electron chi connectivity index (χ0n) is 21.3. The second-order valence-electron chi connectivity index (χ2n) is 8.80. The quantitative estimate of drug-likeness (QED) is 0.329. The van der Waals surface area contributed by atoms with E-state index in [1.807, 2.05) is 25.1 Å². The fraction of sp³-hybridized carbons (Fsp3) is 0.462. The largest absolute Gasteiger partial charge is 0.493 e. The number of benzene rings is 1. The topological polar surface area (TPSA) is 188 Å². The second-order valence-corrected chi connectivity index (χ2v) is 8.80. The van der Waals surface area contributed by atoms with Crippen LogP contribution in [0.3, 0.4) is 0 Å². The van der Waals surface area contributed by atoms with E-state index in [4.69, 9.17) is 39.6 Å². The van der Waals surface area contributed by atoms with E-state index in [9.17, 15) is 14.7 Å². The molecule has 0 radical (unpaired) electrons. The van der Waals surface area contributed by atoms with Gasteiger partial charge in [-0.25, -0.2) is 14.6 Å². The van der Waals surface area contributed by atoms with Crippen LogP contribution in [0.1, 0.15) is 48.8 Å². The SMILES string of the molecule is CCOc1cc2c(cc1OC)C(c1ccc(OC)nc1)=N[C@@H]1CC[C@@H](O)C[C@H]21.O=C(O)C(O)C(O)C(=O)O. The molecule has 206 valence electrons. The zero-order valence-corrected chi connectivity index (χ0v) is 21.3. The van der Waals surface area contributed by atoms with Crippen molar-refractivity contribution in [1.82, 2.24) is 4.98 Å². The van der Waals surface area contributed by atoms with Gasteiger partial charge in [0.15, 0.2) is 23.7 Å². The van der Waals surface area contributed by atoms with Crippen LogP contribution in [0.2, 0.25) is 0 Å². The minimum atomic E-state index is -2.27. The Morgan fingerprint density at radius 2 is 1.71 bits per heavy atom. The molecule has 2 heterocycles. The molecule has 38 heavy (non-hydrogen) atoms. The van der Waals surface area contributed by atoms with Crippen molar-refractivity contribution in [2.45, 2.75) is 56.5 Å². The lowest BCUT2D eigenvalue weighted by Gasteiger charge is -2.37. The number of aliphatic hydroxyl groups is 3. The molecule has 0 amide bonds. The van der Waals surface area contributed by atoms with Crippen LogP contribution in [-0.2, 0) is 9.59 Å². The number of pyridine rings is 1. The summed E-state index contributed by atoms with van der Waals surface area (Å²) in [6, 6.07) is 8.05. The molecule has 1 fully saturated rings. The summed E-state index contributed by atoms with van der Waals surface area (Å²) in [5.74, 6) is -1.37. The number of carboxylic acids is 2. The third kappa shape index (κ3) is 6.39. The summed E-state index contributed by atoms with van der Waals surface area (Å²) >= 11 is 0. The minimum absolute atomic E-state index is 0.149. The van der Waals surface area contributed by atoms with E-state index in [1.165, 1.54) is 0 Å². The van der Waals surface area contributed by atoms with E-state index in [0.717, 1.165) is 41.0 Å². The number of hydrogen-bond donors (Lipinski definition) is 5. The molecule has 4 rings (SSSR count). The van der Waals surface area contributed by atoms with E-state index in [0.29, 0.717) is 24.7 Å². The number of carboxylic acid groups (broad SMARTS) is 2. The summed E-state index contributed by atoms with van der Waals surface area (Å²) < 4.78 is 16.6. The van der Waals surface area contributed by atoms with Gasteiger partial charge in [0.25, 0.3) is 0 Å². The highest BCUT2D eigenvalue weighted by Crippen LogP contribution is 2.45. The van der Waals surface area contributed by atoms with Crippen molar-refractivity contribution in [3.8, 4) is 17.4 Å². The highest BCUT2D eigenvalue weighted by Gasteiger charge is 2.37. The molecule has 1 aromatic carbocycles. The monoisotopic (exact) mass is 532 g/mol. The van der Waals surface area contributed by atoms with Gasteiger partial charge in [0.2, 0.25) is 5.88 Å². The lowest BCUT2D eigenvalue weighted by atomic mass is 9.74. The van der Waals surface area contributed by atoms with Gasteiger partial charge < -0.3 is 39.7 Å². The smallest absolute Gasteiger partial charge is 0.335 e. The van der Waals surface area contributed by atoms with Gasteiger partial charge in [-0.05, 0) is 49.9 Å². The summed E-state index contributed by atoms with van der Waals surface area (Å²) in [5.41, 5.74) is 4.03. The molecule has 2 aliphatic rings. The Labute approximate surface area is 219 Å². The third-order valence-corrected chi connectivity index (χ3v) is 6.40. The maximum atomic E-state index is 10.3. The highest BCUT2D eigenvalue weighted by atomic mass is 16.5. The highest BCUT2D eigenvalue weighted by molar-refractivity contribution is 6.14. The van der Waals surface area contributed by atoms with Crippen LogP contribution in [0.15, 0.2) is 35.5 Å². The first-order chi connectivity index (χ1) is 18.1. The lowest BCUT2D eigenvalue weighted by Crippen LogP contribution is -2.39. The van der Waals surface area contributed by atoms with Crippen molar-refractivity contribution in [1.29, 1.82) is 0 Å². The fourth-order valence-electron chi connectivity index (χ4n) is 4.51. The number of aromatic nitrogens is 1. The number of aliphatic hydroxyl groups excluding tert-OH is 3. The Hall–Kier alpha value is -3.74. The molecule has 2 aromatic rings. The molecule has 0 spiro atoms. The van der Waals surface area contributed by atoms with Crippen molar-refractivity contribution in [3.63, 3.8) is 0 Å². The van der Waals surface area contributed by atoms with E-state index in [-0.39, 0.29) is 18.1 Å². The first-order valence-electron chi connectivity index (χ1n) is 12.0. The molecule has 2 unspecified atom stereocenters. The predicted molar refractivity (Wildman–Crippen MR) is 134 cm³/mol. The van der Waals surface area contributed by atoms with E-state index >= 15 is 0 Å². The Morgan fingerprint density at radius 1 is 1.03 bits per heavy atom. The van der Waals surface area contributed by atoms with Crippen LogP contribution < -0.4 is 14.2 Å². The standard InChI is InChI=1S/C22H26N2O4.C4H6O6/c1-4-28-20-10-15-16-9-14(25)6-7-18(16)24-22(17(15)11-19(20)26-2)13-5-8-21(27-3)23-12-13;5-1(3(7)8)2(6)4(9)10/h5,8,10-12,14,16,18,25H,4,6-7,9H2,1-3H3;1-2,5-6H,(H,7,8)(H,9,10)/t14-,16-,18-;/m1./s1. The number of fused-ring (bicyclic) bond motifs is 3. The van der Waals surface area contributed by atoms with E-state index in [1.54, 1.807) is 20.4 Å².